The van der Waals surface area contributed by atoms with Crippen molar-refractivity contribution < 1.29 is 4.79 Å². The zero-order chi connectivity index (χ0) is 11.6. The summed E-state index contributed by atoms with van der Waals surface area (Å²) >= 11 is 0. The van der Waals surface area contributed by atoms with Gasteiger partial charge in [-0.3, -0.25) is 0 Å². The number of carbonyl (C=O) groups is 1. The van der Waals surface area contributed by atoms with Crippen LogP contribution in [0.2, 0.25) is 0 Å². The Hall–Kier alpha value is -0.790. The first kappa shape index (κ1) is 15.7. The maximum atomic E-state index is 9.44. The van der Waals surface area contributed by atoms with E-state index in [0.29, 0.717) is 0 Å². The molecule has 2 heteroatoms. The fourth-order valence-corrected chi connectivity index (χ4v) is 1.03. The zero-order valence-corrected chi connectivity index (χ0v) is 10.4. The van der Waals surface area contributed by atoms with Crippen molar-refractivity contribution in [3.63, 3.8) is 0 Å². The minimum Gasteiger partial charge on any atom is -0.376 e. The number of carbonyl (C=O) groups excluding carboxylic acids is 1. The van der Waals surface area contributed by atoms with Crippen LogP contribution < -0.4 is 0 Å². The molecule has 0 saturated carbocycles. The van der Waals surface area contributed by atoms with Gasteiger partial charge in [0.05, 0.1) is 0 Å². The lowest BCUT2D eigenvalue weighted by molar-refractivity contribution is -0.114. The Bertz CT molecular complexity index is 154. The molecular weight excluding hydrogens is 174 g/mol. The predicted octanol–water partition coefficient (Wildman–Crippen LogP) is 3.24. The summed E-state index contributed by atoms with van der Waals surface area (Å²) < 4.78 is 0. The SMILES string of the molecule is C=C(C)N(CCC)CCC.CC(C)=O. The van der Waals surface area contributed by atoms with E-state index in [1.54, 1.807) is 0 Å². The van der Waals surface area contributed by atoms with Crippen molar-refractivity contribution in [3.8, 4) is 0 Å². The molecule has 0 aromatic heterocycles. The van der Waals surface area contributed by atoms with Crippen LogP contribution in [0.5, 0.6) is 0 Å². The van der Waals surface area contributed by atoms with Crippen molar-refractivity contribution in [2.75, 3.05) is 13.1 Å². The van der Waals surface area contributed by atoms with Gasteiger partial charge in [0.1, 0.15) is 5.78 Å². The molecule has 0 N–H and O–H groups in total. The molecule has 0 saturated heterocycles. The van der Waals surface area contributed by atoms with E-state index < -0.39 is 0 Å². The molecule has 0 rings (SSSR count). The molecule has 0 aromatic carbocycles. The van der Waals surface area contributed by atoms with Crippen LogP contribution in [0.15, 0.2) is 12.3 Å². The molecule has 0 amide bonds. The second-order valence-corrected chi connectivity index (χ2v) is 3.63. The molecule has 84 valence electrons. The van der Waals surface area contributed by atoms with E-state index in [0.717, 1.165) is 13.1 Å². The van der Waals surface area contributed by atoms with Gasteiger partial charge >= 0.3 is 0 Å². The molecule has 0 unspecified atom stereocenters. The quantitative estimate of drug-likeness (QED) is 0.677. The van der Waals surface area contributed by atoms with Gasteiger partial charge in [-0.2, -0.15) is 0 Å². The monoisotopic (exact) mass is 199 g/mol. The van der Waals surface area contributed by atoms with Gasteiger partial charge in [0, 0.05) is 18.8 Å². The molecular formula is C12H25NO. The molecule has 0 aromatic rings. The molecule has 14 heavy (non-hydrogen) atoms. The van der Waals surface area contributed by atoms with Crippen molar-refractivity contribution in [3.05, 3.63) is 12.3 Å². The molecule has 0 bridgehead atoms. The zero-order valence-electron chi connectivity index (χ0n) is 10.4. The van der Waals surface area contributed by atoms with E-state index in [1.165, 1.54) is 32.4 Å². The molecule has 0 fully saturated rings. The first-order chi connectivity index (χ1) is 6.45. The summed E-state index contributed by atoms with van der Waals surface area (Å²) in [6.45, 7) is 15.8. The number of ketones is 1. The van der Waals surface area contributed by atoms with E-state index >= 15 is 0 Å². The van der Waals surface area contributed by atoms with Crippen molar-refractivity contribution in [1.29, 1.82) is 0 Å². The van der Waals surface area contributed by atoms with Crippen LogP contribution in [0.1, 0.15) is 47.5 Å². The van der Waals surface area contributed by atoms with Crippen molar-refractivity contribution in [1.82, 2.24) is 4.90 Å². The largest absolute Gasteiger partial charge is 0.376 e. The molecule has 0 aliphatic carbocycles. The van der Waals surface area contributed by atoms with Crippen LogP contribution in [-0.2, 0) is 4.79 Å². The normalized spacial score (nSPS) is 8.64. The summed E-state index contributed by atoms with van der Waals surface area (Å²) in [7, 11) is 0. The van der Waals surface area contributed by atoms with Crippen LogP contribution in [0, 0.1) is 0 Å². The smallest absolute Gasteiger partial charge is 0.126 e. The lowest BCUT2D eigenvalue weighted by Gasteiger charge is -2.23. The Labute approximate surface area is 89.0 Å². The minimum atomic E-state index is 0.167. The summed E-state index contributed by atoms with van der Waals surface area (Å²) in [5.41, 5.74) is 1.20. The van der Waals surface area contributed by atoms with E-state index in [4.69, 9.17) is 0 Å². The molecule has 0 heterocycles. The highest BCUT2D eigenvalue weighted by Gasteiger charge is 1.98. The van der Waals surface area contributed by atoms with Crippen molar-refractivity contribution >= 4 is 5.78 Å². The van der Waals surface area contributed by atoms with E-state index in [-0.39, 0.29) is 5.78 Å². The van der Waals surface area contributed by atoms with E-state index in [2.05, 4.69) is 32.3 Å². The fraction of sp³-hybridized carbons (Fsp3) is 0.750. The Morgan fingerprint density at radius 1 is 1.07 bits per heavy atom. The Kier molecular flexibility index (Phi) is 11.5. The predicted molar refractivity (Wildman–Crippen MR) is 63.3 cm³/mol. The number of hydrogen-bond acceptors (Lipinski definition) is 2. The highest BCUT2D eigenvalue weighted by Crippen LogP contribution is 2.01. The number of nitrogens with zero attached hydrogens (tertiary/aromatic N) is 1. The number of rotatable bonds is 5. The minimum absolute atomic E-state index is 0.167. The number of Topliss-reactive ketones (excluding diaryl/α,β-unsaturated/α-hetero) is 1. The van der Waals surface area contributed by atoms with Gasteiger partial charge < -0.3 is 9.69 Å². The van der Waals surface area contributed by atoms with Gasteiger partial charge in [0.25, 0.3) is 0 Å². The average molecular weight is 199 g/mol. The molecule has 0 atom stereocenters. The van der Waals surface area contributed by atoms with Gasteiger partial charge in [-0.25, -0.2) is 0 Å². The topological polar surface area (TPSA) is 20.3 Å². The summed E-state index contributed by atoms with van der Waals surface area (Å²) in [6.07, 6.45) is 2.43. The van der Waals surface area contributed by atoms with Gasteiger partial charge in [-0.15, -0.1) is 0 Å². The van der Waals surface area contributed by atoms with Crippen LogP contribution in [0.4, 0.5) is 0 Å². The first-order valence-electron chi connectivity index (χ1n) is 5.33. The summed E-state index contributed by atoms with van der Waals surface area (Å²) in [5.74, 6) is 0.167. The highest BCUT2D eigenvalue weighted by atomic mass is 16.1. The van der Waals surface area contributed by atoms with E-state index in [1.807, 2.05) is 0 Å². The average Bonchev–Trinajstić information content (AvgIpc) is 2.02. The van der Waals surface area contributed by atoms with E-state index in [9.17, 15) is 4.79 Å². The summed E-state index contributed by atoms with van der Waals surface area (Å²) in [6, 6.07) is 0. The van der Waals surface area contributed by atoms with Gasteiger partial charge in [-0.1, -0.05) is 20.4 Å². The second-order valence-electron chi connectivity index (χ2n) is 3.63. The number of hydrogen-bond donors (Lipinski definition) is 0. The fourth-order valence-electron chi connectivity index (χ4n) is 1.03. The number of allylic oxidation sites excluding steroid dienone is 1. The molecule has 0 radical (unpaired) electrons. The first-order valence-corrected chi connectivity index (χ1v) is 5.33. The lowest BCUT2D eigenvalue weighted by Crippen LogP contribution is -2.22. The highest BCUT2D eigenvalue weighted by molar-refractivity contribution is 5.72. The molecule has 0 aliphatic heterocycles. The van der Waals surface area contributed by atoms with Gasteiger partial charge in [0.2, 0.25) is 0 Å². The summed E-state index contributed by atoms with van der Waals surface area (Å²) in [5, 5.41) is 0. The Balaban J connectivity index is 0. The third-order valence-corrected chi connectivity index (χ3v) is 1.53. The molecule has 0 spiro atoms. The maximum absolute atomic E-state index is 9.44. The maximum Gasteiger partial charge on any atom is 0.126 e. The molecule has 2 nitrogen and oxygen atoms in total. The molecule has 0 aliphatic rings. The Morgan fingerprint density at radius 2 is 1.36 bits per heavy atom. The van der Waals surface area contributed by atoms with Crippen molar-refractivity contribution in [2.24, 2.45) is 0 Å². The third kappa shape index (κ3) is 13.8. The van der Waals surface area contributed by atoms with Crippen LogP contribution in [0.25, 0.3) is 0 Å². The lowest BCUT2D eigenvalue weighted by atomic mass is 10.3. The van der Waals surface area contributed by atoms with Gasteiger partial charge in [0.15, 0.2) is 0 Å². The standard InChI is InChI=1S/C9H19N.C3H6O/c1-5-7-10(8-6-2)9(3)4;1-3(2)4/h3,5-8H2,1-2,4H3;1-2H3. The summed E-state index contributed by atoms with van der Waals surface area (Å²) in [4.78, 5) is 11.8. The third-order valence-electron chi connectivity index (χ3n) is 1.53. The van der Waals surface area contributed by atoms with Crippen LogP contribution >= 0.6 is 0 Å². The van der Waals surface area contributed by atoms with Crippen LogP contribution in [-0.4, -0.2) is 23.8 Å². The Morgan fingerprint density at radius 3 is 1.50 bits per heavy atom. The second kappa shape index (κ2) is 10.3. The van der Waals surface area contributed by atoms with Crippen LogP contribution in [0.3, 0.4) is 0 Å². The van der Waals surface area contributed by atoms with Crippen molar-refractivity contribution in [2.45, 2.75) is 47.5 Å². The van der Waals surface area contributed by atoms with Gasteiger partial charge in [-0.05, 0) is 33.6 Å².